The zero-order valence-corrected chi connectivity index (χ0v) is 10.5. The van der Waals surface area contributed by atoms with E-state index in [1.165, 1.54) is 4.90 Å². The molecular formula is C16H10N2O2. The van der Waals surface area contributed by atoms with E-state index in [-0.39, 0.29) is 18.4 Å². The minimum Gasteiger partial charge on any atom is -0.270 e. The summed E-state index contributed by atoms with van der Waals surface area (Å²) in [6, 6.07) is 13.7. The smallest absolute Gasteiger partial charge is 0.261 e. The number of hydrogen-bond donors (Lipinski definition) is 0. The summed E-state index contributed by atoms with van der Waals surface area (Å²) in [4.78, 5) is 28.9. The molecule has 0 fully saturated rings. The Kier molecular flexibility index (Phi) is 2.81. The minimum atomic E-state index is -0.264. The van der Waals surface area contributed by atoms with Crippen molar-refractivity contribution in [1.82, 2.24) is 4.90 Å². The largest absolute Gasteiger partial charge is 0.270 e. The van der Waals surface area contributed by atoms with E-state index in [2.05, 4.69) is 4.85 Å². The summed E-state index contributed by atoms with van der Waals surface area (Å²) < 4.78 is 0. The normalized spacial score (nSPS) is 13.2. The van der Waals surface area contributed by atoms with Gasteiger partial charge in [0.2, 0.25) is 0 Å². The first-order valence-corrected chi connectivity index (χ1v) is 6.12. The van der Waals surface area contributed by atoms with Gasteiger partial charge in [0.05, 0.1) is 24.2 Å². The summed E-state index contributed by atoms with van der Waals surface area (Å²) in [5, 5.41) is 0. The molecular weight excluding hydrogens is 252 g/mol. The van der Waals surface area contributed by atoms with E-state index in [0.29, 0.717) is 16.8 Å². The predicted molar refractivity (Wildman–Crippen MR) is 73.4 cm³/mol. The standard InChI is InChI=1S/C16H10N2O2/c1-17-12-8-6-11(7-9-12)10-18-15(19)13-4-2-3-5-14(13)16(18)20/h2-9H,10H2. The molecule has 0 spiro atoms. The van der Waals surface area contributed by atoms with Gasteiger partial charge in [-0.25, -0.2) is 4.85 Å². The average molecular weight is 262 g/mol. The Balaban J connectivity index is 1.88. The van der Waals surface area contributed by atoms with Crippen LogP contribution in [-0.2, 0) is 6.54 Å². The van der Waals surface area contributed by atoms with Crippen LogP contribution in [0.15, 0.2) is 48.5 Å². The van der Waals surface area contributed by atoms with Gasteiger partial charge in [0.25, 0.3) is 11.8 Å². The van der Waals surface area contributed by atoms with Crippen LogP contribution in [0.3, 0.4) is 0 Å². The highest BCUT2D eigenvalue weighted by Crippen LogP contribution is 2.24. The molecule has 1 heterocycles. The van der Waals surface area contributed by atoms with E-state index in [1.54, 1.807) is 48.5 Å². The van der Waals surface area contributed by atoms with Gasteiger partial charge in [0, 0.05) is 0 Å². The zero-order valence-electron chi connectivity index (χ0n) is 10.5. The molecule has 96 valence electrons. The van der Waals surface area contributed by atoms with Crippen LogP contribution in [0.2, 0.25) is 0 Å². The number of imide groups is 1. The fourth-order valence-electron chi connectivity index (χ4n) is 2.24. The molecule has 0 radical (unpaired) electrons. The molecule has 2 aromatic rings. The summed E-state index contributed by atoms with van der Waals surface area (Å²) in [6.07, 6.45) is 0. The van der Waals surface area contributed by atoms with Crippen molar-refractivity contribution >= 4 is 17.5 Å². The molecule has 0 bridgehead atoms. The van der Waals surface area contributed by atoms with Crippen molar-refractivity contribution in [2.75, 3.05) is 0 Å². The number of amides is 2. The van der Waals surface area contributed by atoms with Crippen molar-refractivity contribution in [3.05, 3.63) is 76.6 Å². The first kappa shape index (κ1) is 12.1. The van der Waals surface area contributed by atoms with E-state index in [4.69, 9.17) is 6.57 Å². The fraction of sp³-hybridized carbons (Fsp3) is 0.0625. The molecule has 0 aromatic heterocycles. The number of carbonyl (C=O) groups is 2. The summed E-state index contributed by atoms with van der Waals surface area (Å²) in [6.45, 7) is 7.12. The third-order valence-electron chi connectivity index (χ3n) is 3.28. The number of rotatable bonds is 2. The average Bonchev–Trinajstić information content (AvgIpc) is 2.74. The summed E-state index contributed by atoms with van der Waals surface area (Å²) in [5.41, 5.74) is 2.27. The molecule has 20 heavy (non-hydrogen) atoms. The van der Waals surface area contributed by atoms with Gasteiger partial charge in [-0.15, -0.1) is 0 Å². The van der Waals surface area contributed by atoms with Crippen molar-refractivity contribution in [3.8, 4) is 0 Å². The zero-order chi connectivity index (χ0) is 14.1. The number of benzene rings is 2. The lowest BCUT2D eigenvalue weighted by Gasteiger charge is -2.13. The van der Waals surface area contributed by atoms with Gasteiger partial charge in [-0.3, -0.25) is 14.5 Å². The van der Waals surface area contributed by atoms with Crippen LogP contribution in [0, 0.1) is 6.57 Å². The van der Waals surface area contributed by atoms with E-state index in [0.717, 1.165) is 5.56 Å². The van der Waals surface area contributed by atoms with Gasteiger partial charge in [0.1, 0.15) is 0 Å². The summed E-state index contributed by atoms with van der Waals surface area (Å²) >= 11 is 0. The summed E-state index contributed by atoms with van der Waals surface area (Å²) in [7, 11) is 0. The number of fused-ring (bicyclic) bond motifs is 1. The Morgan fingerprint density at radius 3 is 1.95 bits per heavy atom. The molecule has 2 amide bonds. The molecule has 4 nitrogen and oxygen atoms in total. The quantitative estimate of drug-likeness (QED) is 0.616. The van der Waals surface area contributed by atoms with Gasteiger partial charge >= 0.3 is 0 Å². The Morgan fingerprint density at radius 2 is 1.45 bits per heavy atom. The lowest BCUT2D eigenvalue weighted by molar-refractivity contribution is 0.0642. The molecule has 0 saturated heterocycles. The molecule has 0 saturated carbocycles. The monoisotopic (exact) mass is 262 g/mol. The minimum absolute atomic E-state index is 0.227. The Bertz CT molecular complexity index is 707. The molecule has 3 rings (SSSR count). The molecule has 1 aliphatic rings. The van der Waals surface area contributed by atoms with Crippen molar-refractivity contribution in [3.63, 3.8) is 0 Å². The van der Waals surface area contributed by atoms with Crippen LogP contribution in [0.4, 0.5) is 5.69 Å². The maximum absolute atomic E-state index is 12.2. The number of hydrogen-bond acceptors (Lipinski definition) is 2. The van der Waals surface area contributed by atoms with Crippen LogP contribution < -0.4 is 0 Å². The van der Waals surface area contributed by atoms with Gasteiger partial charge < -0.3 is 0 Å². The second kappa shape index (κ2) is 4.63. The first-order valence-electron chi connectivity index (χ1n) is 6.12. The highest BCUT2D eigenvalue weighted by Gasteiger charge is 2.34. The van der Waals surface area contributed by atoms with E-state index in [1.807, 2.05) is 0 Å². The number of carbonyl (C=O) groups excluding carboxylic acids is 2. The van der Waals surface area contributed by atoms with Crippen LogP contribution in [0.5, 0.6) is 0 Å². The molecule has 0 unspecified atom stereocenters. The lowest BCUT2D eigenvalue weighted by Crippen LogP contribution is -2.29. The molecule has 0 aliphatic carbocycles. The highest BCUT2D eigenvalue weighted by atomic mass is 16.2. The maximum Gasteiger partial charge on any atom is 0.261 e. The SMILES string of the molecule is [C-]#[N+]c1ccc(CN2C(=O)c3ccccc3C2=O)cc1. The highest BCUT2D eigenvalue weighted by molar-refractivity contribution is 6.21. The van der Waals surface area contributed by atoms with Crippen LogP contribution >= 0.6 is 0 Å². The van der Waals surface area contributed by atoms with E-state index in [9.17, 15) is 9.59 Å². The number of nitrogens with zero attached hydrogens (tertiary/aromatic N) is 2. The van der Waals surface area contributed by atoms with Crippen LogP contribution in [0.25, 0.3) is 4.85 Å². The molecule has 0 N–H and O–H groups in total. The van der Waals surface area contributed by atoms with E-state index >= 15 is 0 Å². The Hall–Kier alpha value is -2.93. The van der Waals surface area contributed by atoms with Crippen LogP contribution in [-0.4, -0.2) is 16.7 Å². The second-order valence-electron chi connectivity index (χ2n) is 4.52. The molecule has 2 aromatic carbocycles. The predicted octanol–water partition coefficient (Wildman–Crippen LogP) is 3.03. The Morgan fingerprint density at radius 1 is 0.900 bits per heavy atom. The summed E-state index contributed by atoms with van der Waals surface area (Å²) in [5.74, 6) is -0.528. The lowest BCUT2D eigenvalue weighted by atomic mass is 10.1. The molecule has 1 aliphatic heterocycles. The van der Waals surface area contributed by atoms with Crippen molar-refractivity contribution in [2.45, 2.75) is 6.54 Å². The van der Waals surface area contributed by atoms with Crippen molar-refractivity contribution in [1.29, 1.82) is 0 Å². The third kappa shape index (κ3) is 1.86. The van der Waals surface area contributed by atoms with Gasteiger partial charge in [0.15, 0.2) is 5.69 Å². The van der Waals surface area contributed by atoms with Crippen LogP contribution in [0.1, 0.15) is 26.3 Å². The topological polar surface area (TPSA) is 41.7 Å². The van der Waals surface area contributed by atoms with Gasteiger partial charge in [-0.2, -0.15) is 0 Å². The van der Waals surface area contributed by atoms with Crippen molar-refractivity contribution < 1.29 is 9.59 Å². The van der Waals surface area contributed by atoms with Gasteiger partial charge in [-0.1, -0.05) is 36.4 Å². The fourth-order valence-corrected chi connectivity index (χ4v) is 2.24. The molecule has 0 atom stereocenters. The second-order valence-corrected chi connectivity index (χ2v) is 4.52. The van der Waals surface area contributed by atoms with Crippen molar-refractivity contribution in [2.24, 2.45) is 0 Å². The third-order valence-corrected chi connectivity index (χ3v) is 3.28. The first-order chi connectivity index (χ1) is 9.70. The maximum atomic E-state index is 12.2. The molecule has 4 heteroatoms. The van der Waals surface area contributed by atoms with Gasteiger partial charge in [-0.05, 0) is 17.7 Å². The Labute approximate surface area is 116 Å². The van der Waals surface area contributed by atoms with E-state index < -0.39 is 0 Å².